The number of methoxy groups -OCH3 is 1. The molecule has 1 saturated heterocycles. The average molecular weight is 332 g/mol. The normalized spacial score (nSPS) is 20.0. The molecule has 1 aliphatic heterocycles. The minimum absolute atomic E-state index is 0.0706. The highest BCUT2D eigenvalue weighted by atomic mass is 16.5. The Morgan fingerprint density at radius 2 is 2.04 bits per heavy atom. The van der Waals surface area contributed by atoms with Crippen LogP contribution in [0.3, 0.4) is 0 Å². The highest BCUT2D eigenvalue weighted by Gasteiger charge is 2.37. The summed E-state index contributed by atoms with van der Waals surface area (Å²) >= 11 is 0. The van der Waals surface area contributed by atoms with Crippen LogP contribution in [0, 0.1) is 5.92 Å². The second-order valence-electron chi connectivity index (χ2n) is 6.03. The summed E-state index contributed by atoms with van der Waals surface area (Å²) < 4.78 is 10.3. The second-order valence-corrected chi connectivity index (χ2v) is 6.03. The van der Waals surface area contributed by atoms with Crippen LogP contribution in [0.5, 0.6) is 5.75 Å². The van der Waals surface area contributed by atoms with Crippen LogP contribution >= 0.6 is 0 Å². The van der Waals surface area contributed by atoms with Gasteiger partial charge in [0.05, 0.1) is 18.7 Å². The maximum Gasteiger partial charge on any atom is 0.311 e. The molecule has 24 heavy (non-hydrogen) atoms. The first-order chi connectivity index (χ1) is 11.6. The molecule has 0 aromatic heterocycles. The molecule has 7 nitrogen and oxygen atoms in total. The minimum atomic E-state index is -0.573. The summed E-state index contributed by atoms with van der Waals surface area (Å²) in [5, 5.41) is 2.75. The third-order valence-electron chi connectivity index (χ3n) is 4.12. The zero-order valence-corrected chi connectivity index (χ0v) is 13.5. The molecule has 3 rings (SSSR count). The van der Waals surface area contributed by atoms with E-state index < -0.39 is 11.9 Å². The predicted octanol–water partition coefficient (Wildman–Crippen LogP) is 0.870. The summed E-state index contributed by atoms with van der Waals surface area (Å²) in [6.45, 7) is -0.0725. The summed E-state index contributed by atoms with van der Waals surface area (Å²) in [5.74, 6) is -0.979. The van der Waals surface area contributed by atoms with E-state index in [-0.39, 0.29) is 37.4 Å². The molecule has 2 amide bonds. The van der Waals surface area contributed by atoms with Crippen LogP contribution in [0.1, 0.15) is 19.3 Å². The van der Waals surface area contributed by atoms with Crippen molar-refractivity contribution in [3.05, 3.63) is 24.3 Å². The van der Waals surface area contributed by atoms with Crippen LogP contribution in [0.25, 0.3) is 0 Å². The fourth-order valence-electron chi connectivity index (χ4n) is 2.70. The van der Waals surface area contributed by atoms with Crippen molar-refractivity contribution >= 4 is 23.5 Å². The largest absolute Gasteiger partial charge is 0.495 e. The monoisotopic (exact) mass is 332 g/mol. The molecule has 1 N–H and O–H groups in total. The highest BCUT2D eigenvalue weighted by molar-refractivity contribution is 6.00. The van der Waals surface area contributed by atoms with E-state index >= 15 is 0 Å². The van der Waals surface area contributed by atoms with Crippen molar-refractivity contribution in [3.63, 3.8) is 0 Å². The number of carbonyl (C=O) groups excluding carboxylic acids is 3. The molecule has 1 aliphatic carbocycles. The van der Waals surface area contributed by atoms with E-state index in [4.69, 9.17) is 9.47 Å². The SMILES string of the molecule is COc1ccccc1N1C[C@H](C(=O)OCC(=O)NC2CC2)CC1=O. The van der Waals surface area contributed by atoms with Gasteiger partial charge in [0.1, 0.15) is 5.75 Å². The van der Waals surface area contributed by atoms with Crippen LogP contribution in [0.4, 0.5) is 5.69 Å². The lowest BCUT2D eigenvalue weighted by molar-refractivity contribution is -0.152. The Hall–Kier alpha value is -2.57. The van der Waals surface area contributed by atoms with E-state index in [0.717, 1.165) is 12.8 Å². The Balaban J connectivity index is 1.57. The van der Waals surface area contributed by atoms with Gasteiger partial charge >= 0.3 is 5.97 Å². The maximum absolute atomic E-state index is 12.2. The van der Waals surface area contributed by atoms with E-state index in [2.05, 4.69) is 5.32 Å². The molecule has 1 heterocycles. The third kappa shape index (κ3) is 3.67. The van der Waals surface area contributed by atoms with Crippen LogP contribution in [-0.2, 0) is 19.1 Å². The van der Waals surface area contributed by atoms with Crippen molar-refractivity contribution in [2.24, 2.45) is 5.92 Å². The molecule has 1 aromatic carbocycles. The first-order valence-electron chi connectivity index (χ1n) is 7.98. The van der Waals surface area contributed by atoms with E-state index in [1.54, 1.807) is 18.2 Å². The standard InChI is InChI=1S/C17H20N2O5/c1-23-14-5-3-2-4-13(14)19-9-11(8-16(19)21)17(22)24-10-15(20)18-12-6-7-12/h2-5,11-12H,6-10H2,1H3,(H,18,20)/t11-/m1/s1. The zero-order valence-electron chi connectivity index (χ0n) is 13.5. The summed E-state index contributed by atoms with van der Waals surface area (Å²) in [6.07, 6.45) is 2.02. The molecule has 2 fully saturated rings. The number of ether oxygens (including phenoxy) is 2. The lowest BCUT2D eigenvalue weighted by atomic mass is 10.1. The molecular formula is C17H20N2O5. The smallest absolute Gasteiger partial charge is 0.311 e. The van der Waals surface area contributed by atoms with Crippen molar-refractivity contribution in [2.75, 3.05) is 25.2 Å². The van der Waals surface area contributed by atoms with Crippen molar-refractivity contribution in [1.82, 2.24) is 5.32 Å². The number of nitrogens with one attached hydrogen (secondary N) is 1. The fourth-order valence-corrected chi connectivity index (χ4v) is 2.70. The van der Waals surface area contributed by atoms with Gasteiger partial charge < -0.3 is 19.7 Å². The van der Waals surface area contributed by atoms with Gasteiger partial charge in [-0.05, 0) is 25.0 Å². The zero-order chi connectivity index (χ0) is 17.1. The average Bonchev–Trinajstić information content (AvgIpc) is 3.31. The molecule has 2 aliphatic rings. The van der Waals surface area contributed by atoms with E-state index in [0.29, 0.717) is 11.4 Å². The Bertz CT molecular complexity index is 656. The second kappa shape index (κ2) is 6.90. The predicted molar refractivity (Wildman–Crippen MR) is 85.6 cm³/mol. The fraction of sp³-hybridized carbons (Fsp3) is 0.471. The van der Waals surface area contributed by atoms with E-state index in [9.17, 15) is 14.4 Å². The molecule has 0 bridgehead atoms. The summed E-state index contributed by atoms with van der Waals surface area (Å²) in [5.41, 5.74) is 0.631. The molecule has 7 heteroatoms. The number of carbonyl (C=O) groups is 3. The minimum Gasteiger partial charge on any atom is -0.495 e. The molecule has 1 aromatic rings. The van der Waals surface area contributed by atoms with Crippen molar-refractivity contribution < 1.29 is 23.9 Å². The quantitative estimate of drug-likeness (QED) is 0.782. The van der Waals surface area contributed by atoms with Gasteiger partial charge in [-0.1, -0.05) is 12.1 Å². The van der Waals surface area contributed by atoms with Gasteiger partial charge in [-0.3, -0.25) is 14.4 Å². The summed E-state index contributed by atoms with van der Waals surface area (Å²) in [4.78, 5) is 37.4. The van der Waals surface area contributed by atoms with Gasteiger partial charge in [0, 0.05) is 19.0 Å². The number of hydrogen-bond donors (Lipinski definition) is 1. The number of amides is 2. The third-order valence-corrected chi connectivity index (χ3v) is 4.12. The number of esters is 1. The van der Waals surface area contributed by atoms with Crippen molar-refractivity contribution in [3.8, 4) is 5.75 Å². The number of rotatable bonds is 6. The van der Waals surface area contributed by atoms with Crippen LogP contribution in [0.15, 0.2) is 24.3 Å². The van der Waals surface area contributed by atoms with Gasteiger partial charge in [0.25, 0.3) is 5.91 Å². The first-order valence-corrected chi connectivity index (χ1v) is 7.98. The molecule has 0 unspecified atom stereocenters. The van der Waals surface area contributed by atoms with Crippen molar-refractivity contribution in [2.45, 2.75) is 25.3 Å². The van der Waals surface area contributed by atoms with Crippen LogP contribution in [-0.4, -0.2) is 44.1 Å². The Morgan fingerprint density at radius 3 is 2.75 bits per heavy atom. The van der Waals surface area contributed by atoms with Gasteiger partial charge in [0.2, 0.25) is 5.91 Å². The first kappa shape index (κ1) is 16.3. The van der Waals surface area contributed by atoms with Gasteiger partial charge in [-0.2, -0.15) is 0 Å². The maximum atomic E-state index is 12.2. The highest BCUT2D eigenvalue weighted by Crippen LogP contribution is 2.33. The van der Waals surface area contributed by atoms with Gasteiger partial charge in [0.15, 0.2) is 6.61 Å². The van der Waals surface area contributed by atoms with E-state index in [1.807, 2.05) is 6.07 Å². The van der Waals surface area contributed by atoms with Gasteiger partial charge in [-0.25, -0.2) is 0 Å². The molecule has 1 atom stereocenters. The lowest BCUT2D eigenvalue weighted by Gasteiger charge is -2.19. The molecule has 128 valence electrons. The molecule has 0 spiro atoms. The number of anilines is 1. The lowest BCUT2D eigenvalue weighted by Crippen LogP contribution is -2.32. The Morgan fingerprint density at radius 1 is 1.29 bits per heavy atom. The Labute approximate surface area is 139 Å². The molecule has 0 radical (unpaired) electrons. The van der Waals surface area contributed by atoms with Crippen LogP contribution in [0.2, 0.25) is 0 Å². The summed E-state index contributed by atoms with van der Waals surface area (Å²) in [7, 11) is 1.53. The summed E-state index contributed by atoms with van der Waals surface area (Å²) in [6, 6.07) is 7.38. The molecular weight excluding hydrogens is 312 g/mol. The Kier molecular flexibility index (Phi) is 4.69. The number of para-hydroxylation sites is 2. The topological polar surface area (TPSA) is 84.9 Å². The van der Waals surface area contributed by atoms with Gasteiger partial charge in [-0.15, -0.1) is 0 Å². The van der Waals surface area contributed by atoms with Crippen LogP contribution < -0.4 is 15.0 Å². The van der Waals surface area contributed by atoms with E-state index in [1.165, 1.54) is 12.0 Å². The number of nitrogens with zero attached hydrogens (tertiary/aromatic N) is 1. The van der Waals surface area contributed by atoms with Crippen molar-refractivity contribution in [1.29, 1.82) is 0 Å². The number of hydrogen-bond acceptors (Lipinski definition) is 5. The molecule has 1 saturated carbocycles. The number of benzene rings is 1.